The number of hydrogen-bond acceptors (Lipinski definition) is 10. The maximum absolute atomic E-state index is 12.7. The highest BCUT2D eigenvalue weighted by Gasteiger charge is 2.37. The number of fused-ring (bicyclic) bond motifs is 1. The lowest BCUT2D eigenvalue weighted by atomic mass is 10.2. The Hall–Kier alpha value is -4.47. The van der Waals surface area contributed by atoms with Gasteiger partial charge in [-0.1, -0.05) is 6.07 Å². The Morgan fingerprint density at radius 3 is 2.16 bits per heavy atom. The molecule has 0 saturated heterocycles. The van der Waals surface area contributed by atoms with Crippen LogP contribution in [0.15, 0.2) is 42.5 Å². The van der Waals surface area contributed by atoms with E-state index in [0.29, 0.717) is 5.56 Å². The molecule has 1 aliphatic rings. The SMILES string of the molecule is O=C(O[13C@H]1[13CH2]c2c(O)cc(O)cc2O[13C@@H]1c1ccc(O)c(O)c1)c1cc(O)c(O)c(O)c1. The van der Waals surface area contributed by atoms with Crippen LogP contribution < -0.4 is 4.74 Å². The number of phenols is 7. The van der Waals surface area contributed by atoms with Crippen LogP contribution >= 0.6 is 0 Å². The molecule has 10 heteroatoms. The van der Waals surface area contributed by atoms with E-state index in [-0.39, 0.29) is 40.5 Å². The summed E-state index contributed by atoms with van der Waals surface area (Å²) in [6.45, 7) is 0. The highest BCUT2D eigenvalue weighted by Crippen LogP contribution is 2.44. The number of carbonyl (C=O) groups is 1. The van der Waals surface area contributed by atoms with Crippen molar-refractivity contribution in [1.82, 2.24) is 0 Å². The third kappa shape index (κ3) is 3.69. The van der Waals surface area contributed by atoms with Gasteiger partial charge < -0.3 is 45.2 Å². The predicted octanol–water partition coefficient (Wildman–Crippen LogP) is 2.53. The van der Waals surface area contributed by atoms with Gasteiger partial charge in [-0.05, 0) is 24.3 Å². The first kappa shape index (κ1) is 20.8. The number of benzene rings is 3. The molecule has 166 valence electrons. The zero-order chi connectivity index (χ0) is 23.2. The summed E-state index contributed by atoms with van der Waals surface area (Å²) in [4.78, 5) is 12.7. The van der Waals surface area contributed by atoms with Crippen LogP contribution in [-0.2, 0) is 11.2 Å². The van der Waals surface area contributed by atoms with Gasteiger partial charge in [-0.25, -0.2) is 4.79 Å². The summed E-state index contributed by atoms with van der Waals surface area (Å²) in [6.07, 6.45) is -2.12. The van der Waals surface area contributed by atoms with E-state index in [1.54, 1.807) is 0 Å². The van der Waals surface area contributed by atoms with Gasteiger partial charge in [0, 0.05) is 29.7 Å². The topological polar surface area (TPSA) is 177 Å². The summed E-state index contributed by atoms with van der Waals surface area (Å²) >= 11 is 0. The number of esters is 1. The Bertz CT molecular complexity index is 1200. The Morgan fingerprint density at radius 1 is 0.812 bits per heavy atom. The van der Waals surface area contributed by atoms with Crippen LogP contribution in [0.3, 0.4) is 0 Å². The fraction of sp³-hybridized carbons (Fsp3) is 0.136. The number of carbonyl (C=O) groups excluding carboxylic acids is 1. The van der Waals surface area contributed by atoms with Crippen molar-refractivity contribution < 1.29 is 50.0 Å². The van der Waals surface area contributed by atoms with Gasteiger partial charge >= 0.3 is 5.97 Å². The second-order valence-corrected chi connectivity index (χ2v) is 7.24. The first-order valence-electron chi connectivity index (χ1n) is 9.33. The number of hydrogen-bond donors (Lipinski definition) is 7. The zero-order valence-electron chi connectivity index (χ0n) is 16.3. The largest absolute Gasteiger partial charge is 0.508 e. The van der Waals surface area contributed by atoms with Gasteiger partial charge in [0.2, 0.25) is 0 Å². The van der Waals surface area contributed by atoms with Crippen LogP contribution in [-0.4, -0.2) is 47.8 Å². The second-order valence-electron chi connectivity index (χ2n) is 7.24. The molecule has 10 nitrogen and oxygen atoms in total. The number of phenolic OH excluding ortho intramolecular Hbond substituents is 7. The van der Waals surface area contributed by atoms with Gasteiger partial charge in [0.15, 0.2) is 34.9 Å². The minimum atomic E-state index is -1.06. The average Bonchev–Trinajstić information content (AvgIpc) is 2.73. The molecule has 0 unspecified atom stereocenters. The van der Waals surface area contributed by atoms with Gasteiger partial charge in [0.1, 0.15) is 23.4 Å². The summed E-state index contributed by atoms with van der Waals surface area (Å²) in [7, 11) is 0. The Morgan fingerprint density at radius 2 is 1.50 bits per heavy atom. The van der Waals surface area contributed by atoms with Crippen molar-refractivity contribution in [2.24, 2.45) is 0 Å². The zero-order valence-corrected chi connectivity index (χ0v) is 16.3. The minimum absolute atomic E-state index is 0.0461. The average molecular weight is 445 g/mol. The van der Waals surface area contributed by atoms with Crippen molar-refractivity contribution in [2.45, 2.75) is 18.6 Å². The summed E-state index contributed by atoms with van der Waals surface area (Å²) < 4.78 is 11.4. The molecule has 0 spiro atoms. The molecular formula is C22H18O10. The second kappa shape index (κ2) is 7.65. The van der Waals surface area contributed by atoms with Gasteiger partial charge in [0.05, 0.1) is 5.56 Å². The molecule has 7 N–H and O–H groups in total. The van der Waals surface area contributed by atoms with Crippen LogP contribution in [0.5, 0.6) is 46.0 Å². The van der Waals surface area contributed by atoms with Crippen molar-refractivity contribution in [2.75, 3.05) is 0 Å². The van der Waals surface area contributed by atoms with Crippen molar-refractivity contribution >= 4 is 5.97 Å². The van der Waals surface area contributed by atoms with E-state index in [2.05, 4.69) is 0 Å². The van der Waals surface area contributed by atoms with Crippen molar-refractivity contribution in [3.63, 3.8) is 0 Å². The Kier molecular flexibility index (Phi) is 4.97. The lowest BCUT2D eigenvalue weighted by Crippen LogP contribution is -2.34. The van der Waals surface area contributed by atoms with E-state index < -0.39 is 41.2 Å². The molecule has 0 bridgehead atoms. The first-order chi connectivity index (χ1) is 15.1. The van der Waals surface area contributed by atoms with Crippen LogP contribution in [0, 0.1) is 0 Å². The molecule has 1 heterocycles. The molecule has 0 radical (unpaired) electrons. The standard InChI is InChI=1S/C22H18O10/c23-11-6-14(25)12-8-19(32-22(30)10-4-16(27)20(29)17(28)5-10)21(31-18(12)7-11)9-1-2-13(24)15(26)3-9/h1-7,19,21,23-29H,8H2/t19-,21+/m0/s1/i8+1,19+1,21+1. The van der Waals surface area contributed by atoms with Crippen LogP contribution in [0.1, 0.15) is 27.6 Å². The van der Waals surface area contributed by atoms with Gasteiger partial charge in [-0.2, -0.15) is 0 Å². The van der Waals surface area contributed by atoms with Crippen molar-refractivity contribution in [3.8, 4) is 46.0 Å². The predicted molar refractivity (Wildman–Crippen MR) is 107 cm³/mol. The third-order valence-electron chi connectivity index (χ3n) is 5.06. The molecule has 32 heavy (non-hydrogen) atoms. The molecule has 3 aromatic rings. The van der Waals surface area contributed by atoms with Crippen LogP contribution in [0.4, 0.5) is 0 Å². The number of aromatic hydroxyl groups is 7. The van der Waals surface area contributed by atoms with Gasteiger partial charge in [-0.3, -0.25) is 0 Å². The molecule has 1 aliphatic heterocycles. The van der Waals surface area contributed by atoms with Crippen LogP contribution in [0.25, 0.3) is 0 Å². The summed E-state index contributed by atoms with van der Waals surface area (Å²) in [5, 5.41) is 68.2. The van der Waals surface area contributed by atoms with E-state index in [1.807, 2.05) is 0 Å². The molecule has 0 aliphatic carbocycles. The fourth-order valence-corrected chi connectivity index (χ4v) is 3.48. The molecule has 0 saturated carbocycles. The van der Waals surface area contributed by atoms with E-state index in [1.165, 1.54) is 24.3 Å². The van der Waals surface area contributed by atoms with Crippen molar-refractivity contribution in [3.05, 3.63) is 59.2 Å². The molecule has 2 atom stereocenters. The van der Waals surface area contributed by atoms with Gasteiger partial charge in [0.25, 0.3) is 0 Å². The lowest BCUT2D eigenvalue weighted by Gasteiger charge is -2.34. The van der Waals surface area contributed by atoms with E-state index >= 15 is 0 Å². The van der Waals surface area contributed by atoms with Gasteiger partial charge in [-0.15, -0.1) is 0 Å². The molecule has 3 aromatic carbocycles. The quantitative estimate of drug-likeness (QED) is 0.180. The fourth-order valence-electron chi connectivity index (χ4n) is 3.48. The van der Waals surface area contributed by atoms with E-state index in [4.69, 9.17) is 9.47 Å². The van der Waals surface area contributed by atoms with Crippen molar-refractivity contribution in [1.29, 1.82) is 0 Å². The third-order valence-corrected chi connectivity index (χ3v) is 5.06. The normalized spacial score (nSPS) is 17.2. The van der Waals surface area contributed by atoms with Crippen LogP contribution in [0.2, 0.25) is 0 Å². The maximum Gasteiger partial charge on any atom is 0.338 e. The summed E-state index contributed by atoms with van der Waals surface area (Å²) in [6, 6.07) is 8.07. The smallest absolute Gasteiger partial charge is 0.338 e. The lowest BCUT2D eigenvalue weighted by molar-refractivity contribution is -0.0189. The molecule has 0 amide bonds. The minimum Gasteiger partial charge on any atom is -0.508 e. The Balaban J connectivity index is 1.72. The molecule has 0 fully saturated rings. The highest BCUT2D eigenvalue weighted by molar-refractivity contribution is 5.91. The number of rotatable bonds is 3. The monoisotopic (exact) mass is 445 g/mol. The number of ether oxygens (including phenoxy) is 2. The maximum atomic E-state index is 12.7. The molecular weight excluding hydrogens is 427 g/mol. The Labute approximate surface area is 180 Å². The highest BCUT2D eigenvalue weighted by atomic mass is 16.7. The van der Waals surface area contributed by atoms with E-state index in [0.717, 1.165) is 18.2 Å². The van der Waals surface area contributed by atoms with E-state index in [9.17, 15) is 40.5 Å². The summed E-state index contributed by atoms with van der Waals surface area (Å²) in [5.74, 6) is -4.43. The molecule has 4 rings (SSSR count). The molecule has 0 aromatic heterocycles. The first-order valence-corrected chi connectivity index (χ1v) is 9.33. The summed E-state index contributed by atoms with van der Waals surface area (Å²) in [5.41, 5.74) is 0.324.